The number of ether oxygens (including phenoxy) is 1. The highest BCUT2D eigenvalue weighted by molar-refractivity contribution is 9.10. The summed E-state index contributed by atoms with van der Waals surface area (Å²) in [6.07, 6.45) is 3.86. The second kappa shape index (κ2) is 8.63. The molecule has 0 spiro atoms. The van der Waals surface area contributed by atoms with Gasteiger partial charge in [0.25, 0.3) is 0 Å². The number of benzene rings is 2. The number of rotatable bonds is 5. The van der Waals surface area contributed by atoms with Crippen molar-refractivity contribution in [2.45, 2.75) is 45.4 Å². The second-order valence-electron chi connectivity index (χ2n) is 6.67. The molecule has 0 amide bonds. The lowest BCUT2D eigenvalue weighted by Crippen LogP contribution is -2.37. The Labute approximate surface area is 158 Å². The Bertz CT molecular complexity index is 714. The van der Waals surface area contributed by atoms with Crippen molar-refractivity contribution < 1.29 is 9.53 Å². The molecule has 0 radical (unpaired) electrons. The minimum Gasteiger partial charge on any atom is -0.457 e. The third kappa shape index (κ3) is 4.93. The van der Waals surface area contributed by atoms with E-state index in [0.29, 0.717) is 18.2 Å². The number of esters is 1. The third-order valence-electron chi connectivity index (χ3n) is 4.87. The molecule has 3 rings (SSSR count). The minimum absolute atomic E-state index is 0.284. The molecule has 1 unspecified atom stereocenters. The Kier molecular flexibility index (Phi) is 6.27. The number of hydrogen-bond donors (Lipinski definition) is 0. The van der Waals surface area contributed by atoms with Crippen LogP contribution in [-0.4, -0.2) is 23.5 Å². The highest BCUT2D eigenvalue weighted by atomic mass is 79.9. The van der Waals surface area contributed by atoms with Crippen molar-refractivity contribution in [1.29, 1.82) is 0 Å². The summed E-state index contributed by atoms with van der Waals surface area (Å²) in [6.45, 7) is 4.68. The van der Waals surface area contributed by atoms with E-state index >= 15 is 0 Å². The molecule has 0 aromatic heterocycles. The van der Waals surface area contributed by atoms with Crippen molar-refractivity contribution in [2.75, 3.05) is 6.54 Å². The quantitative estimate of drug-likeness (QED) is 0.646. The number of piperidine rings is 1. The van der Waals surface area contributed by atoms with Gasteiger partial charge >= 0.3 is 5.97 Å². The molecule has 132 valence electrons. The topological polar surface area (TPSA) is 29.5 Å². The SMILES string of the molecule is CC1CCCCN1Cc1ccccc1COC(=O)c1ccc(Br)cc1. The fraction of sp³-hybridized carbons (Fsp3) is 0.381. The van der Waals surface area contributed by atoms with Crippen LogP contribution in [0.25, 0.3) is 0 Å². The van der Waals surface area contributed by atoms with E-state index in [1.54, 1.807) is 12.1 Å². The summed E-state index contributed by atoms with van der Waals surface area (Å²) in [5.74, 6) is -0.284. The largest absolute Gasteiger partial charge is 0.457 e. The summed E-state index contributed by atoms with van der Waals surface area (Å²) in [5.41, 5.74) is 2.91. The standard InChI is InChI=1S/C21H24BrNO2/c1-16-6-4-5-13-23(16)14-18-7-2-3-8-19(18)15-25-21(24)17-9-11-20(22)12-10-17/h2-3,7-12,16H,4-6,13-15H2,1H3. The van der Waals surface area contributed by atoms with Gasteiger partial charge in [-0.3, -0.25) is 4.90 Å². The molecule has 3 nitrogen and oxygen atoms in total. The summed E-state index contributed by atoms with van der Waals surface area (Å²) >= 11 is 3.37. The smallest absolute Gasteiger partial charge is 0.338 e. The maximum Gasteiger partial charge on any atom is 0.338 e. The van der Waals surface area contributed by atoms with E-state index in [0.717, 1.165) is 23.1 Å². The monoisotopic (exact) mass is 401 g/mol. The van der Waals surface area contributed by atoms with Crippen LogP contribution in [0.15, 0.2) is 53.0 Å². The zero-order valence-corrected chi connectivity index (χ0v) is 16.2. The normalized spacial score (nSPS) is 18.1. The highest BCUT2D eigenvalue weighted by Gasteiger charge is 2.19. The van der Waals surface area contributed by atoms with E-state index in [2.05, 4.69) is 46.0 Å². The Balaban J connectivity index is 1.64. The van der Waals surface area contributed by atoms with Gasteiger partial charge in [0, 0.05) is 17.1 Å². The van der Waals surface area contributed by atoms with Crippen LogP contribution in [-0.2, 0) is 17.9 Å². The lowest BCUT2D eigenvalue weighted by molar-refractivity contribution is 0.0470. The molecule has 1 heterocycles. The predicted octanol–water partition coefficient (Wildman–Crippen LogP) is 5.18. The first-order valence-electron chi connectivity index (χ1n) is 8.87. The van der Waals surface area contributed by atoms with Gasteiger partial charge in [-0.1, -0.05) is 46.6 Å². The Morgan fingerprint density at radius 3 is 2.56 bits per heavy atom. The molecule has 2 aromatic rings. The van der Waals surface area contributed by atoms with Crippen LogP contribution in [0.2, 0.25) is 0 Å². The average Bonchev–Trinajstić information content (AvgIpc) is 2.63. The first-order valence-corrected chi connectivity index (χ1v) is 9.66. The summed E-state index contributed by atoms with van der Waals surface area (Å²) in [5, 5.41) is 0. The van der Waals surface area contributed by atoms with Crippen LogP contribution in [0.1, 0.15) is 47.7 Å². The molecular weight excluding hydrogens is 378 g/mol. The molecule has 1 aliphatic heterocycles. The van der Waals surface area contributed by atoms with E-state index in [-0.39, 0.29) is 5.97 Å². The van der Waals surface area contributed by atoms with Crippen molar-refractivity contribution in [3.63, 3.8) is 0 Å². The minimum atomic E-state index is -0.284. The first-order chi connectivity index (χ1) is 12.1. The summed E-state index contributed by atoms with van der Waals surface area (Å²) in [7, 11) is 0. The lowest BCUT2D eigenvalue weighted by atomic mass is 10.0. The Morgan fingerprint density at radius 2 is 1.84 bits per heavy atom. The van der Waals surface area contributed by atoms with Crippen molar-refractivity contribution >= 4 is 21.9 Å². The fourth-order valence-corrected chi connectivity index (χ4v) is 3.54. The van der Waals surface area contributed by atoms with E-state index in [4.69, 9.17) is 4.74 Å². The Hall–Kier alpha value is -1.65. The van der Waals surface area contributed by atoms with E-state index in [1.165, 1.54) is 24.8 Å². The van der Waals surface area contributed by atoms with Crippen LogP contribution in [0, 0.1) is 0 Å². The molecule has 1 aliphatic rings. The predicted molar refractivity (Wildman–Crippen MR) is 103 cm³/mol. The molecule has 0 bridgehead atoms. The number of halogens is 1. The molecule has 0 saturated carbocycles. The van der Waals surface area contributed by atoms with E-state index in [9.17, 15) is 4.79 Å². The molecule has 25 heavy (non-hydrogen) atoms. The number of nitrogens with zero attached hydrogens (tertiary/aromatic N) is 1. The summed E-state index contributed by atoms with van der Waals surface area (Å²) in [6, 6.07) is 16.1. The number of likely N-dealkylation sites (tertiary alicyclic amines) is 1. The van der Waals surface area contributed by atoms with Crippen molar-refractivity contribution in [2.24, 2.45) is 0 Å². The summed E-state index contributed by atoms with van der Waals surface area (Å²) in [4.78, 5) is 14.8. The van der Waals surface area contributed by atoms with Gasteiger partial charge in [-0.05, 0) is 61.7 Å². The summed E-state index contributed by atoms with van der Waals surface area (Å²) < 4.78 is 6.49. The molecule has 1 saturated heterocycles. The number of carbonyl (C=O) groups is 1. The molecular formula is C21H24BrNO2. The van der Waals surface area contributed by atoms with E-state index < -0.39 is 0 Å². The van der Waals surface area contributed by atoms with Gasteiger partial charge in [0.2, 0.25) is 0 Å². The number of hydrogen-bond acceptors (Lipinski definition) is 3. The van der Waals surface area contributed by atoms with Gasteiger partial charge < -0.3 is 4.74 Å². The maximum absolute atomic E-state index is 12.2. The van der Waals surface area contributed by atoms with Gasteiger partial charge in [-0.15, -0.1) is 0 Å². The first kappa shape index (κ1) is 18.2. The van der Waals surface area contributed by atoms with Crippen LogP contribution < -0.4 is 0 Å². The maximum atomic E-state index is 12.2. The van der Waals surface area contributed by atoms with Crippen LogP contribution in [0.4, 0.5) is 0 Å². The van der Waals surface area contributed by atoms with Gasteiger partial charge in [0.15, 0.2) is 0 Å². The highest BCUT2D eigenvalue weighted by Crippen LogP contribution is 2.21. The van der Waals surface area contributed by atoms with Crippen molar-refractivity contribution in [1.82, 2.24) is 4.90 Å². The Morgan fingerprint density at radius 1 is 1.12 bits per heavy atom. The zero-order chi connectivity index (χ0) is 17.6. The molecule has 1 atom stereocenters. The van der Waals surface area contributed by atoms with Crippen LogP contribution in [0.3, 0.4) is 0 Å². The van der Waals surface area contributed by atoms with Crippen molar-refractivity contribution in [3.8, 4) is 0 Å². The van der Waals surface area contributed by atoms with Gasteiger partial charge in [-0.2, -0.15) is 0 Å². The van der Waals surface area contributed by atoms with Crippen LogP contribution in [0.5, 0.6) is 0 Å². The average molecular weight is 402 g/mol. The molecule has 1 fully saturated rings. The van der Waals surface area contributed by atoms with Gasteiger partial charge in [0.05, 0.1) is 5.56 Å². The second-order valence-corrected chi connectivity index (χ2v) is 7.58. The number of carbonyl (C=O) groups excluding carboxylic acids is 1. The zero-order valence-electron chi connectivity index (χ0n) is 14.6. The molecule has 4 heteroatoms. The third-order valence-corrected chi connectivity index (χ3v) is 5.40. The lowest BCUT2D eigenvalue weighted by Gasteiger charge is -2.33. The molecule has 2 aromatic carbocycles. The van der Waals surface area contributed by atoms with Gasteiger partial charge in [-0.25, -0.2) is 4.79 Å². The van der Waals surface area contributed by atoms with E-state index in [1.807, 2.05) is 18.2 Å². The fourth-order valence-electron chi connectivity index (χ4n) is 3.28. The van der Waals surface area contributed by atoms with Gasteiger partial charge in [0.1, 0.15) is 6.61 Å². The molecule has 0 aliphatic carbocycles. The van der Waals surface area contributed by atoms with Crippen LogP contribution >= 0.6 is 15.9 Å². The molecule has 0 N–H and O–H groups in total. The van der Waals surface area contributed by atoms with Crippen molar-refractivity contribution in [3.05, 3.63) is 69.7 Å².